The monoisotopic (exact) mass is 765 g/mol. The molecule has 0 radical (unpaired) electrons. The van der Waals surface area contributed by atoms with Crippen molar-refractivity contribution in [3.63, 3.8) is 0 Å². The van der Waals surface area contributed by atoms with E-state index in [0.717, 1.165) is 103 Å². The van der Waals surface area contributed by atoms with Crippen molar-refractivity contribution < 1.29 is 14.3 Å². The highest BCUT2D eigenvalue weighted by molar-refractivity contribution is 9.10. The lowest BCUT2D eigenvalue weighted by Gasteiger charge is -2.39. The zero-order chi connectivity index (χ0) is 33.0. The Morgan fingerprint density at radius 2 is 1.47 bits per heavy atom. The van der Waals surface area contributed by atoms with Crippen LogP contribution in [0.2, 0.25) is 0 Å². The number of hydrogen-bond donors (Lipinski definition) is 1. The number of nitrogens with one attached hydrogen (secondary N) is 1. The molecule has 2 aromatic heterocycles. The van der Waals surface area contributed by atoms with Crippen LogP contribution in [0.5, 0.6) is 0 Å². The first-order valence-electron chi connectivity index (χ1n) is 17.0. The van der Waals surface area contributed by atoms with Gasteiger partial charge in [-0.3, -0.25) is 19.6 Å². The Bertz CT molecular complexity index is 1560. The molecule has 2 fully saturated rings. The van der Waals surface area contributed by atoms with Gasteiger partial charge in [-0.25, -0.2) is 0 Å². The second-order valence-corrected chi connectivity index (χ2v) is 15.5. The molecular weight excluding hydrogens is 722 g/mol. The van der Waals surface area contributed by atoms with Gasteiger partial charge in [-0.2, -0.15) is 0 Å². The van der Waals surface area contributed by atoms with Gasteiger partial charge in [-0.15, -0.1) is 0 Å². The van der Waals surface area contributed by atoms with Crippen LogP contribution in [0, 0.1) is 11.3 Å². The van der Waals surface area contributed by atoms with Gasteiger partial charge in [-0.05, 0) is 105 Å². The van der Waals surface area contributed by atoms with E-state index in [1.54, 1.807) is 0 Å². The molecule has 250 valence electrons. The van der Waals surface area contributed by atoms with Crippen molar-refractivity contribution in [3.8, 4) is 0 Å². The molecule has 1 saturated heterocycles. The molecule has 7 rings (SSSR count). The first-order chi connectivity index (χ1) is 22.7. The van der Waals surface area contributed by atoms with E-state index in [9.17, 15) is 9.59 Å². The van der Waals surface area contributed by atoms with Crippen LogP contribution < -0.4 is 5.32 Å². The topological polar surface area (TPSA) is 87.7 Å². The molecule has 0 bridgehead atoms. The van der Waals surface area contributed by atoms with Gasteiger partial charge < -0.3 is 19.9 Å². The lowest BCUT2D eigenvalue weighted by Crippen LogP contribution is -2.49. The fraction of sp³-hybridized carbons (Fsp3) is 0.514. The highest BCUT2D eigenvalue weighted by Gasteiger charge is 2.49. The fourth-order valence-corrected chi connectivity index (χ4v) is 8.36. The van der Waals surface area contributed by atoms with Gasteiger partial charge in [0, 0.05) is 103 Å². The third-order valence-corrected chi connectivity index (χ3v) is 11.2. The Labute approximate surface area is 295 Å². The van der Waals surface area contributed by atoms with Gasteiger partial charge in [0.25, 0.3) is 5.91 Å². The summed E-state index contributed by atoms with van der Waals surface area (Å²) >= 11 is 6.95. The molecule has 2 amide bonds. The first kappa shape index (κ1) is 34.2. The predicted octanol–water partition coefficient (Wildman–Crippen LogP) is 6.73. The zero-order valence-electron chi connectivity index (χ0n) is 27.4. The Balaban J connectivity index is 0.000000177. The summed E-state index contributed by atoms with van der Waals surface area (Å²) in [7, 11) is 0. The summed E-state index contributed by atoms with van der Waals surface area (Å²) in [5.74, 6) is 0.791. The van der Waals surface area contributed by atoms with E-state index in [0.29, 0.717) is 37.0 Å². The first-order valence-corrected chi connectivity index (χ1v) is 18.5. The third kappa shape index (κ3) is 7.98. The van der Waals surface area contributed by atoms with Crippen LogP contribution in [-0.4, -0.2) is 70.0 Å². The molecule has 8 nitrogen and oxygen atoms in total. The second kappa shape index (κ2) is 15.3. The van der Waals surface area contributed by atoms with Crippen molar-refractivity contribution >= 4 is 43.7 Å². The van der Waals surface area contributed by atoms with Gasteiger partial charge in [0.05, 0.1) is 5.41 Å². The number of hydrogen-bond acceptors (Lipinski definition) is 6. The minimum Gasteiger partial charge on any atom is -0.381 e. The molecule has 3 aromatic rings. The molecule has 3 aliphatic heterocycles. The SMILES string of the molecule is CC(C)[C@]1(C(=O)N2CCc3ncc(Br)cc3C2)CC[C@@H](NC2CCOCC2)C1.O=C(c1ccccc1)N1CCc2ncc(Br)cc2C1. The number of carbonyl (C=O) groups is 2. The number of fused-ring (bicyclic) bond motifs is 2. The van der Waals surface area contributed by atoms with Crippen LogP contribution in [0.1, 0.15) is 78.8 Å². The lowest BCUT2D eigenvalue weighted by atomic mass is 9.74. The molecule has 2 atom stereocenters. The van der Waals surface area contributed by atoms with Crippen molar-refractivity contribution in [2.24, 2.45) is 11.3 Å². The Kier molecular flexibility index (Phi) is 11.1. The number of nitrogens with zero attached hydrogens (tertiary/aromatic N) is 4. The number of halogens is 2. The molecule has 1 aromatic carbocycles. The number of benzene rings is 1. The van der Waals surface area contributed by atoms with Gasteiger partial charge >= 0.3 is 0 Å². The number of carbonyl (C=O) groups excluding carboxylic acids is 2. The summed E-state index contributed by atoms with van der Waals surface area (Å²) in [6.07, 6.45) is 10.6. The van der Waals surface area contributed by atoms with Crippen LogP contribution in [0.15, 0.2) is 63.8 Å². The third-order valence-electron chi connectivity index (χ3n) is 10.4. The van der Waals surface area contributed by atoms with Crippen LogP contribution in [0.3, 0.4) is 0 Å². The maximum Gasteiger partial charge on any atom is 0.254 e. The summed E-state index contributed by atoms with van der Waals surface area (Å²) < 4.78 is 7.43. The number of rotatable bonds is 5. The smallest absolute Gasteiger partial charge is 0.254 e. The highest BCUT2D eigenvalue weighted by Crippen LogP contribution is 2.46. The molecule has 1 saturated carbocycles. The Morgan fingerprint density at radius 3 is 2.09 bits per heavy atom. The maximum atomic E-state index is 13.7. The second-order valence-electron chi connectivity index (χ2n) is 13.6. The quantitative estimate of drug-likeness (QED) is 0.310. The molecule has 0 unspecified atom stereocenters. The minimum absolute atomic E-state index is 0.0891. The average Bonchev–Trinajstić information content (AvgIpc) is 3.53. The van der Waals surface area contributed by atoms with E-state index >= 15 is 0 Å². The highest BCUT2D eigenvalue weighted by atomic mass is 79.9. The van der Waals surface area contributed by atoms with Gasteiger partial charge in [0.15, 0.2) is 0 Å². The standard InChI is InChI=1S/C22H32BrN3O2.C15H13BrN2O/c1-15(2)22(7-3-19(12-22)25-18-5-9-28-10-6-18)21(27)26-8-4-20-16(14-26)11-17(23)13-24-20;16-13-8-12-10-18(7-6-14(12)17-9-13)15(19)11-4-2-1-3-5-11/h11,13,15,18-19,25H,3-10,12,14H2,1-2H3;1-5,8-9H,6-7,10H2/t19-,22+;/m1./s1. The molecule has 1 N–H and O–H groups in total. The largest absolute Gasteiger partial charge is 0.381 e. The van der Waals surface area contributed by atoms with Crippen molar-refractivity contribution in [1.82, 2.24) is 25.1 Å². The van der Waals surface area contributed by atoms with Crippen LogP contribution in [-0.2, 0) is 35.5 Å². The number of aromatic nitrogens is 2. The van der Waals surface area contributed by atoms with Gasteiger partial charge in [0.1, 0.15) is 0 Å². The molecular formula is C37H45Br2N5O3. The van der Waals surface area contributed by atoms with Crippen LogP contribution >= 0.6 is 31.9 Å². The van der Waals surface area contributed by atoms with Gasteiger partial charge in [0.2, 0.25) is 5.91 Å². The van der Waals surface area contributed by atoms with E-state index < -0.39 is 0 Å². The van der Waals surface area contributed by atoms with E-state index in [-0.39, 0.29) is 11.3 Å². The molecule has 0 spiro atoms. The summed E-state index contributed by atoms with van der Waals surface area (Å²) in [4.78, 5) is 39.0. The maximum absolute atomic E-state index is 13.7. The number of ether oxygens (including phenoxy) is 1. The number of amides is 2. The van der Waals surface area contributed by atoms with E-state index in [2.05, 4.69) is 72.0 Å². The summed E-state index contributed by atoms with van der Waals surface area (Å²) in [5, 5.41) is 3.84. The Morgan fingerprint density at radius 1 is 0.872 bits per heavy atom. The molecule has 1 aliphatic carbocycles. The summed E-state index contributed by atoms with van der Waals surface area (Å²) in [6.45, 7) is 9.01. The van der Waals surface area contributed by atoms with E-state index in [4.69, 9.17) is 4.74 Å². The van der Waals surface area contributed by atoms with Crippen molar-refractivity contribution in [3.05, 3.63) is 91.9 Å². The van der Waals surface area contributed by atoms with E-state index in [1.807, 2.05) is 53.7 Å². The van der Waals surface area contributed by atoms with Crippen LogP contribution in [0.25, 0.3) is 0 Å². The Hall–Kier alpha value is -2.66. The minimum atomic E-state index is -0.236. The van der Waals surface area contributed by atoms with Crippen LogP contribution in [0.4, 0.5) is 0 Å². The van der Waals surface area contributed by atoms with Crippen molar-refractivity contribution in [2.45, 2.75) is 84.0 Å². The summed E-state index contributed by atoms with van der Waals surface area (Å²) in [6, 6.07) is 14.6. The zero-order valence-corrected chi connectivity index (χ0v) is 30.6. The average molecular weight is 768 g/mol. The summed E-state index contributed by atoms with van der Waals surface area (Å²) in [5.41, 5.74) is 5.05. The molecule has 47 heavy (non-hydrogen) atoms. The van der Waals surface area contributed by atoms with E-state index in [1.165, 1.54) is 5.56 Å². The lowest BCUT2D eigenvalue weighted by molar-refractivity contribution is -0.146. The molecule has 4 aliphatic rings. The van der Waals surface area contributed by atoms with Crippen molar-refractivity contribution in [2.75, 3.05) is 26.3 Å². The molecule has 5 heterocycles. The fourth-order valence-electron chi connectivity index (χ4n) is 7.60. The normalized spacial score (nSPS) is 22.7. The molecule has 10 heteroatoms. The van der Waals surface area contributed by atoms with Crippen molar-refractivity contribution in [1.29, 1.82) is 0 Å². The number of pyridine rings is 2. The predicted molar refractivity (Wildman–Crippen MR) is 190 cm³/mol. The van der Waals surface area contributed by atoms with Gasteiger partial charge in [-0.1, -0.05) is 32.0 Å².